The molecule has 0 heterocycles. The van der Waals surface area contributed by atoms with Crippen molar-refractivity contribution in [1.29, 1.82) is 0 Å². The quantitative estimate of drug-likeness (QED) is 0.760. The number of amides is 2. The lowest BCUT2D eigenvalue weighted by Crippen LogP contribution is -2.35. The first kappa shape index (κ1) is 19.5. The van der Waals surface area contributed by atoms with Crippen LogP contribution >= 0.6 is 11.6 Å². The van der Waals surface area contributed by atoms with Crippen LogP contribution in [0.1, 0.15) is 29.8 Å². The molecule has 2 amide bonds. The summed E-state index contributed by atoms with van der Waals surface area (Å²) >= 11 is 5.81. The van der Waals surface area contributed by atoms with Gasteiger partial charge in [-0.1, -0.05) is 29.8 Å². The molecule has 2 aromatic carbocycles. The summed E-state index contributed by atoms with van der Waals surface area (Å²) in [5, 5.41) is 5.89. The fourth-order valence-electron chi connectivity index (χ4n) is 2.14. The molecule has 1 atom stereocenters. The lowest BCUT2D eigenvalue weighted by atomic mass is 10.2. The third-order valence-electron chi connectivity index (χ3n) is 3.45. The number of benzene rings is 2. The van der Waals surface area contributed by atoms with Gasteiger partial charge in [0, 0.05) is 24.2 Å². The number of hydrogen-bond acceptors (Lipinski definition) is 4. The zero-order valence-electron chi connectivity index (χ0n) is 14.4. The van der Waals surface area contributed by atoms with E-state index in [0.717, 1.165) is 5.56 Å². The van der Waals surface area contributed by atoms with Gasteiger partial charge in [-0.2, -0.15) is 0 Å². The van der Waals surface area contributed by atoms with Gasteiger partial charge in [-0.25, -0.2) is 4.79 Å². The summed E-state index contributed by atoms with van der Waals surface area (Å²) in [6, 6.07) is 13.4. The third-order valence-corrected chi connectivity index (χ3v) is 3.70. The van der Waals surface area contributed by atoms with E-state index in [9.17, 15) is 14.4 Å². The van der Waals surface area contributed by atoms with Crippen LogP contribution in [0.3, 0.4) is 0 Å². The Labute approximate surface area is 156 Å². The van der Waals surface area contributed by atoms with E-state index in [1.54, 1.807) is 42.5 Å². The Morgan fingerprint density at radius 2 is 1.81 bits per heavy atom. The predicted molar refractivity (Wildman–Crippen MR) is 98.9 cm³/mol. The van der Waals surface area contributed by atoms with Gasteiger partial charge in [-0.05, 0) is 42.8 Å². The third kappa shape index (κ3) is 5.89. The molecular formula is C19H19ClN2O4. The minimum absolute atomic E-state index is 0.244. The van der Waals surface area contributed by atoms with Crippen LogP contribution < -0.4 is 10.6 Å². The number of carbonyl (C=O) groups is 3. The highest BCUT2D eigenvalue weighted by Crippen LogP contribution is 2.13. The molecule has 2 aromatic rings. The predicted octanol–water partition coefficient (Wildman–Crippen LogP) is 3.16. The molecule has 0 bridgehead atoms. The molecule has 0 fully saturated rings. The monoisotopic (exact) mass is 374 g/mol. The molecular weight excluding hydrogens is 356 g/mol. The van der Waals surface area contributed by atoms with E-state index in [-0.39, 0.29) is 11.5 Å². The second kappa shape index (κ2) is 9.01. The molecule has 2 rings (SSSR count). The molecule has 0 radical (unpaired) electrons. The fourth-order valence-corrected chi connectivity index (χ4v) is 2.27. The maximum atomic E-state index is 12.2. The average molecular weight is 375 g/mol. The highest BCUT2D eigenvalue weighted by atomic mass is 35.5. The van der Waals surface area contributed by atoms with Crippen molar-refractivity contribution in [1.82, 2.24) is 5.32 Å². The Bertz CT molecular complexity index is 805. The summed E-state index contributed by atoms with van der Waals surface area (Å²) in [6.07, 6.45) is -0.959. The van der Waals surface area contributed by atoms with Crippen LogP contribution in [0, 0.1) is 0 Å². The van der Waals surface area contributed by atoms with E-state index in [1.807, 2.05) is 0 Å². The van der Waals surface area contributed by atoms with Crippen LogP contribution in [0.2, 0.25) is 5.02 Å². The maximum Gasteiger partial charge on any atom is 0.338 e. The molecule has 2 N–H and O–H groups in total. The van der Waals surface area contributed by atoms with Crippen molar-refractivity contribution in [3.05, 3.63) is 64.7 Å². The number of rotatable bonds is 6. The first-order valence-electron chi connectivity index (χ1n) is 7.96. The van der Waals surface area contributed by atoms with Gasteiger partial charge < -0.3 is 15.4 Å². The Kier molecular flexibility index (Phi) is 6.74. The van der Waals surface area contributed by atoms with Gasteiger partial charge in [0.05, 0.1) is 5.56 Å². The lowest BCUT2D eigenvalue weighted by molar-refractivity contribution is -0.129. The van der Waals surface area contributed by atoms with Crippen LogP contribution in [0.25, 0.3) is 0 Å². The van der Waals surface area contributed by atoms with E-state index < -0.39 is 18.0 Å². The van der Waals surface area contributed by atoms with Crippen LogP contribution in [-0.4, -0.2) is 23.9 Å². The summed E-state index contributed by atoms with van der Waals surface area (Å²) in [4.78, 5) is 35.4. The highest BCUT2D eigenvalue weighted by molar-refractivity contribution is 6.30. The minimum atomic E-state index is -0.959. The Hall–Kier alpha value is -2.86. The number of ether oxygens (including phenoxy) is 1. The average Bonchev–Trinajstić information content (AvgIpc) is 2.60. The molecule has 0 saturated heterocycles. The molecule has 0 spiro atoms. The lowest BCUT2D eigenvalue weighted by Gasteiger charge is -2.14. The Morgan fingerprint density at radius 1 is 1.12 bits per heavy atom. The van der Waals surface area contributed by atoms with Crippen molar-refractivity contribution in [2.75, 3.05) is 5.32 Å². The van der Waals surface area contributed by atoms with Gasteiger partial charge in [-0.3, -0.25) is 9.59 Å². The van der Waals surface area contributed by atoms with Crippen molar-refractivity contribution in [3.8, 4) is 0 Å². The largest absolute Gasteiger partial charge is 0.449 e. The number of nitrogens with one attached hydrogen (secondary N) is 2. The van der Waals surface area contributed by atoms with Gasteiger partial charge in [0.1, 0.15) is 0 Å². The Morgan fingerprint density at radius 3 is 2.46 bits per heavy atom. The fraction of sp³-hybridized carbons (Fsp3) is 0.211. The number of halogens is 1. The van der Waals surface area contributed by atoms with E-state index in [1.165, 1.54) is 19.9 Å². The molecule has 0 aliphatic heterocycles. The minimum Gasteiger partial charge on any atom is -0.449 e. The van der Waals surface area contributed by atoms with Gasteiger partial charge in [0.15, 0.2) is 6.10 Å². The van der Waals surface area contributed by atoms with Gasteiger partial charge >= 0.3 is 5.97 Å². The van der Waals surface area contributed by atoms with Crippen molar-refractivity contribution in [3.63, 3.8) is 0 Å². The second-order valence-electron chi connectivity index (χ2n) is 5.65. The second-order valence-corrected chi connectivity index (χ2v) is 6.09. The van der Waals surface area contributed by atoms with Gasteiger partial charge in [0.25, 0.3) is 5.91 Å². The smallest absolute Gasteiger partial charge is 0.338 e. The zero-order valence-corrected chi connectivity index (χ0v) is 15.2. The Balaban J connectivity index is 1.90. The molecule has 0 aliphatic carbocycles. The van der Waals surface area contributed by atoms with E-state index in [0.29, 0.717) is 17.3 Å². The van der Waals surface area contributed by atoms with Crippen molar-refractivity contribution >= 4 is 35.1 Å². The van der Waals surface area contributed by atoms with Crippen molar-refractivity contribution in [2.24, 2.45) is 0 Å². The normalized spacial score (nSPS) is 11.3. The van der Waals surface area contributed by atoms with Crippen molar-refractivity contribution < 1.29 is 19.1 Å². The van der Waals surface area contributed by atoms with Crippen molar-refractivity contribution in [2.45, 2.75) is 26.5 Å². The van der Waals surface area contributed by atoms with Crippen LogP contribution in [0.5, 0.6) is 0 Å². The standard InChI is InChI=1S/C19H19ClN2O4/c1-12(18(24)21-11-14-6-8-16(20)9-7-14)26-19(25)15-4-3-5-17(10-15)22-13(2)23/h3-10,12H,11H2,1-2H3,(H,21,24)(H,22,23). The van der Waals surface area contributed by atoms with E-state index >= 15 is 0 Å². The molecule has 136 valence electrons. The zero-order chi connectivity index (χ0) is 19.1. The summed E-state index contributed by atoms with van der Waals surface area (Å²) < 4.78 is 5.18. The summed E-state index contributed by atoms with van der Waals surface area (Å²) in [5.74, 6) is -1.30. The number of anilines is 1. The SMILES string of the molecule is CC(=O)Nc1cccc(C(=O)OC(C)C(=O)NCc2ccc(Cl)cc2)c1. The van der Waals surface area contributed by atoms with E-state index in [2.05, 4.69) is 10.6 Å². The van der Waals surface area contributed by atoms with Gasteiger partial charge in [-0.15, -0.1) is 0 Å². The summed E-state index contributed by atoms with van der Waals surface area (Å²) in [7, 11) is 0. The van der Waals surface area contributed by atoms with Crippen LogP contribution in [0.4, 0.5) is 5.69 Å². The summed E-state index contributed by atoms with van der Waals surface area (Å²) in [5.41, 5.74) is 1.60. The summed E-state index contributed by atoms with van der Waals surface area (Å²) in [6.45, 7) is 3.17. The first-order valence-corrected chi connectivity index (χ1v) is 8.34. The number of hydrogen-bond donors (Lipinski definition) is 2. The molecule has 1 unspecified atom stereocenters. The topological polar surface area (TPSA) is 84.5 Å². The van der Waals surface area contributed by atoms with E-state index in [4.69, 9.17) is 16.3 Å². The molecule has 26 heavy (non-hydrogen) atoms. The molecule has 6 nitrogen and oxygen atoms in total. The number of carbonyl (C=O) groups excluding carboxylic acids is 3. The molecule has 0 saturated carbocycles. The first-order chi connectivity index (χ1) is 12.3. The maximum absolute atomic E-state index is 12.2. The molecule has 7 heteroatoms. The molecule has 0 aliphatic rings. The highest BCUT2D eigenvalue weighted by Gasteiger charge is 2.19. The molecule has 0 aromatic heterocycles. The van der Waals surface area contributed by atoms with Crippen LogP contribution in [0.15, 0.2) is 48.5 Å². The van der Waals surface area contributed by atoms with Gasteiger partial charge in [0.2, 0.25) is 5.91 Å². The number of esters is 1. The van der Waals surface area contributed by atoms with Crippen LogP contribution in [-0.2, 0) is 20.9 Å².